The number of hydrogen-bond acceptors (Lipinski definition) is 9. The summed E-state index contributed by atoms with van der Waals surface area (Å²) in [7, 11) is 0. The summed E-state index contributed by atoms with van der Waals surface area (Å²) in [6.45, 7) is 3.72. The Bertz CT molecular complexity index is 767. The van der Waals surface area contributed by atoms with Gasteiger partial charge in [-0.05, 0) is 24.0 Å². The molecule has 180 valence electrons. The summed E-state index contributed by atoms with van der Waals surface area (Å²) in [5.74, 6) is -1.18. The fourth-order valence-corrected chi connectivity index (χ4v) is 3.47. The maximum atomic E-state index is 12.5. The van der Waals surface area contributed by atoms with E-state index in [0.717, 1.165) is 11.1 Å². The van der Waals surface area contributed by atoms with Gasteiger partial charge in [-0.1, -0.05) is 38.1 Å². The maximum absolute atomic E-state index is 12.5. The van der Waals surface area contributed by atoms with Gasteiger partial charge in [0, 0.05) is 11.8 Å². The van der Waals surface area contributed by atoms with E-state index in [0.29, 0.717) is 6.42 Å². The van der Waals surface area contributed by atoms with Crippen LogP contribution in [0.2, 0.25) is 0 Å². The van der Waals surface area contributed by atoms with Crippen molar-refractivity contribution < 1.29 is 44.6 Å². The van der Waals surface area contributed by atoms with Crippen LogP contribution in [0.4, 0.5) is 0 Å². The molecule has 7 N–H and O–H groups in total. The monoisotopic (exact) mass is 455 g/mol. The Morgan fingerprint density at radius 2 is 1.66 bits per heavy atom. The number of Topliss-reactive ketones (excluding diaryl/α,β-unsaturated/α-hetero) is 1. The number of nitrogens with two attached hydrogens (primary N) is 1. The predicted octanol–water partition coefficient (Wildman–Crippen LogP) is -0.667. The number of hydrogen-bond donors (Lipinski definition) is 6. The van der Waals surface area contributed by atoms with Gasteiger partial charge in [-0.25, -0.2) is 0 Å². The number of aliphatic hydroxyl groups is 4. The Morgan fingerprint density at radius 3 is 2.25 bits per heavy atom. The lowest BCUT2D eigenvalue weighted by atomic mass is 9.79. The molecule has 1 aromatic carbocycles. The molecule has 10 nitrogen and oxygen atoms in total. The first kappa shape index (κ1) is 26.3. The van der Waals surface area contributed by atoms with Gasteiger partial charge in [0.25, 0.3) is 0 Å². The molecule has 1 aromatic rings. The molecule has 0 radical (unpaired) electrons. The molecular weight excluding hydrogens is 422 g/mol. The summed E-state index contributed by atoms with van der Waals surface area (Å²) in [5, 5.41) is 47.5. The molecule has 0 spiro atoms. The number of ether oxygens (including phenoxy) is 2. The van der Waals surface area contributed by atoms with Crippen molar-refractivity contribution in [3.05, 3.63) is 35.4 Å². The zero-order valence-corrected chi connectivity index (χ0v) is 18.3. The van der Waals surface area contributed by atoms with Crippen molar-refractivity contribution in [2.45, 2.75) is 76.5 Å². The first-order valence-corrected chi connectivity index (χ1v) is 10.5. The molecule has 1 heterocycles. The summed E-state index contributed by atoms with van der Waals surface area (Å²) in [5.41, 5.74) is 6.56. The largest absolute Gasteiger partial charge is 0.480 e. The molecule has 6 atom stereocenters. The van der Waals surface area contributed by atoms with Crippen LogP contribution in [0.5, 0.6) is 0 Å². The molecule has 1 aliphatic heterocycles. The van der Waals surface area contributed by atoms with E-state index < -0.39 is 48.1 Å². The lowest BCUT2D eigenvalue weighted by molar-refractivity contribution is -0.289. The molecule has 1 saturated heterocycles. The minimum atomic E-state index is -1.60. The number of rotatable bonds is 11. The van der Waals surface area contributed by atoms with Gasteiger partial charge in [0.2, 0.25) is 0 Å². The number of aliphatic carboxylic acids is 1. The summed E-state index contributed by atoms with van der Waals surface area (Å²) < 4.78 is 10.6. The third kappa shape index (κ3) is 7.04. The number of benzene rings is 1. The highest BCUT2D eigenvalue weighted by Crippen LogP contribution is 2.26. The highest BCUT2D eigenvalue weighted by atomic mass is 16.6. The minimum absolute atomic E-state index is 0.0536. The average Bonchev–Trinajstić information content (AvgIpc) is 2.74. The molecule has 32 heavy (non-hydrogen) atoms. The molecule has 1 aliphatic rings. The van der Waals surface area contributed by atoms with Gasteiger partial charge in [-0.15, -0.1) is 0 Å². The van der Waals surface area contributed by atoms with Crippen LogP contribution in [0.25, 0.3) is 0 Å². The zero-order chi connectivity index (χ0) is 24.1. The van der Waals surface area contributed by atoms with Gasteiger partial charge >= 0.3 is 5.97 Å². The fraction of sp³-hybridized carbons (Fsp3) is 0.636. The molecule has 2 rings (SSSR count). The standard InChI is InChI=1S/C22H33NO9/c1-22(2,16(24)8-7-14(23)20(28)29)9-12-3-5-13(6-4-12)10-31-11-15-17(25)18(26)19(27)21(30)32-15/h3-6,14-15,17-19,21,25-27,30H,7-11,23H2,1-2H3,(H,28,29)/t14-,15?,17+,18-,19?,21?/m0/s1. The molecular formula is C22H33NO9. The number of carbonyl (C=O) groups excluding carboxylic acids is 1. The van der Waals surface area contributed by atoms with Gasteiger partial charge in [0.15, 0.2) is 6.29 Å². The van der Waals surface area contributed by atoms with Gasteiger partial charge in [0.05, 0.1) is 13.2 Å². The molecule has 3 unspecified atom stereocenters. The number of carbonyl (C=O) groups is 2. The summed E-state index contributed by atoms with van der Waals surface area (Å²) >= 11 is 0. The predicted molar refractivity (Wildman–Crippen MR) is 112 cm³/mol. The maximum Gasteiger partial charge on any atom is 0.320 e. The second-order valence-electron chi connectivity index (χ2n) is 8.84. The van der Waals surface area contributed by atoms with E-state index in [4.69, 9.17) is 20.3 Å². The third-order valence-electron chi connectivity index (χ3n) is 5.66. The van der Waals surface area contributed by atoms with Gasteiger partial charge in [-0.2, -0.15) is 0 Å². The molecule has 0 aliphatic carbocycles. The van der Waals surface area contributed by atoms with E-state index in [1.807, 2.05) is 38.1 Å². The summed E-state index contributed by atoms with van der Waals surface area (Å²) in [6.07, 6.45) is -6.41. The first-order chi connectivity index (χ1) is 14.9. The Hall–Kier alpha value is -1.92. The average molecular weight is 456 g/mol. The van der Waals surface area contributed by atoms with E-state index in [1.165, 1.54) is 0 Å². The van der Waals surface area contributed by atoms with E-state index in [9.17, 15) is 30.0 Å². The van der Waals surface area contributed by atoms with E-state index >= 15 is 0 Å². The second kappa shape index (κ2) is 11.3. The van der Waals surface area contributed by atoms with Crippen LogP contribution in [0.3, 0.4) is 0 Å². The normalized spacial score (nSPS) is 27.2. The van der Waals surface area contributed by atoms with Crippen LogP contribution in [-0.2, 0) is 32.1 Å². The second-order valence-corrected chi connectivity index (χ2v) is 8.84. The van der Waals surface area contributed by atoms with Crippen molar-refractivity contribution in [3.63, 3.8) is 0 Å². The van der Waals surface area contributed by atoms with E-state index in [1.54, 1.807) is 0 Å². The number of carboxylic acid groups (broad SMARTS) is 1. The van der Waals surface area contributed by atoms with E-state index in [-0.39, 0.29) is 31.8 Å². The van der Waals surface area contributed by atoms with E-state index in [2.05, 4.69) is 0 Å². The lowest BCUT2D eigenvalue weighted by Crippen LogP contribution is -2.58. The topological polar surface area (TPSA) is 180 Å². The Morgan fingerprint density at radius 1 is 1.06 bits per heavy atom. The molecule has 0 bridgehead atoms. The third-order valence-corrected chi connectivity index (χ3v) is 5.66. The van der Waals surface area contributed by atoms with Crippen molar-refractivity contribution in [3.8, 4) is 0 Å². The van der Waals surface area contributed by atoms with Crippen LogP contribution in [-0.4, -0.2) is 80.6 Å². The van der Waals surface area contributed by atoms with Crippen LogP contribution in [0.15, 0.2) is 24.3 Å². The van der Waals surface area contributed by atoms with Crippen LogP contribution in [0.1, 0.15) is 37.8 Å². The summed E-state index contributed by atoms with van der Waals surface area (Å²) in [6, 6.07) is 6.36. The van der Waals surface area contributed by atoms with Gasteiger partial charge in [-0.3, -0.25) is 9.59 Å². The highest BCUT2D eigenvalue weighted by Gasteiger charge is 2.42. The highest BCUT2D eigenvalue weighted by molar-refractivity contribution is 5.85. The Labute approximate surface area is 186 Å². The molecule has 10 heteroatoms. The van der Waals surface area contributed by atoms with Crippen molar-refractivity contribution >= 4 is 11.8 Å². The molecule has 0 amide bonds. The zero-order valence-electron chi connectivity index (χ0n) is 18.3. The van der Waals surface area contributed by atoms with Crippen molar-refractivity contribution in [1.82, 2.24) is 0 Å². The number of aliphatic hydroxyl groups excluding tert-OH is 4. The molecule has 1 fully saturated rings. The minimum Gasteiger partial charge on any atom is -0.480 e. The smallest absolute Gasteiger partial charge is 0.320 e. The number of ketones is 1. The van der Waals surface area contributed by atoms with Gasteiger partial charge in [0.1, 0.15) is 36.2 Å². The van der Waals surface area contributed by atoms with Crippen LogP contribution >= 0.6 is 0 Å². The van der Waals surface area contributed by atoms with Crippen molar-refractivity contribution in [2.75, 3.05) is 6.61 Å². The Kier molecular flexibility index (Phi) is 9.28. The molecule has 0 aromatic heterocycles. The van der Waals surface area contributed by atoms with Crippen molar-refractivity contribution in [1.29, 1.82) is 0 Å². The SMILES string of the molecule is CC(C)(Cc1ccc(COCC2OC(O)C(O)[C@@H](O)[C@@H]2O)cc1)C(=O)CC[C@H](N)C(=O)O. The van der Waals surface area contributed by atoms with Crippen molar-refractivity contribution in [2.24, 2.45) is 11.1 Å². The van der Waals surface area contributed by atoms with Crippen LogP contribution in [0, 0.1) is 5.41 Å². The quantitative estimate of drug-likeness (QED) is 0.251. The molecule has 0 saturated carbocycles. The first-order valence-electron chi connectivity index (χ1n) is 10.5. The summed E-state index contributed by atoms with van der Waals surface area (Å²) in [4.78, 5) is 23.3. The lowest BCUT2D eigenvalue weighted by Gasteiger charge is -2.38. The fourth-order valence-electron chi connectivity index (χ4n) is 3.47. The van der Waals surface area contributed by atoms with Gasteiger partial charge < -0.3 is 40.7 Å². The number of carboxylic acids is 1. The Balaban J connectivity index is 1.82. The van der Waals surface area contributed by atoms with Crippen LogP contribution < -0.4 is 5.73 Å².